The minimum atomic E-state index is -0.577. The van der Waals surface area contributed by atoms with E-state index in [0.29, 0.717) is 13.2 Å². The van der Waals surface area contributed by atoms with E-state index >= 15 is 0 Å². The molecule has 3 aromatic carbocycles. The maximum Gasteiger partial charge on any atom is 0.417 e. The molecular formula is C37H39BrN6O5. The van der Waals surface area contributed by atoms with Crippen LogP contribution in [0.4, 0.5) is 9.59 Å². The summed E-state index contributed by atoms with van der Waals surface area (Å²) in [6, 6.07) is 14.7. The van der Waals surface area contributed by atoms with Crippen molar-refractivity contribution in [2.75, 3.05) is 6.54 Å². The van der Waals surface area contributed by atoms with Crippen molar-refractivity contribution in [3.63, 3.8) is 0 Å². The lowest BCUT2D eigenvalue weighted by atomic mass is 9.92. The highest BCUT2D eigenvalue weighted by Gasteiger charge is 2.40. The van der Waals surface area contributed by atoms with Crippen molar-refractivity contribution >= 4 is 49.9 Å². The Kier molecular flexibility index (Phi) is 7.62. The van der Waals surface area contributed by atoms with Gasteiger partial charge in [0.05, 0.1) is 11.6 Å². The first-order chi connectivity index (χ1) is 23.4. The molecule has 11 nitrogen and oxygen atoms in total. The summed E-state index contributed by atoms with van der Waals surface area (Å²) in [6.07, 6.45) is 2.94. The molecule has 2 amide bonds. The first-order valence-corrected chi connectivity index (χ1v) is 17.7. The summed E-state index contributed by atoms with van der Waals surface area (Å²) in [4.78, 5) is 45.7. The van der Waals surface area contributed by atoms with Gasteiger partial charge in [0.15, 0.2) is 0 Å². The third-order valence-corrected chi connectivity index (χ3v) is 10.4. The summed E-state index contributed by atoms with van der Waals surface area (Å²) in [5.41, 5.74) is 5.81. The standard InChI is InChI=1S/C37H39BrN6O5/c1-19-7-6-14-43(19)35(45)48-34-39-27-12-10-21-16-26-24-11-9-22(15-23(24)18-47-29(26)17-25(21)31(27)41-34)30-32(38)42-33(40-30)28-13-8-20(2)44(28)36(46)49-37(3,4)5/h9-12,15-17,19-20,28H,6-8,13-14,18H2,1-5H3,(H,39,41)(H,40,42)/t19?,20-,28-/m0/s1. The molecule has 3 aliphatic heterocycles. The van der Waals surface area contributed by atoms with Gasteiger partial charge in [-0.2, -0.15) is 4.98 Å². The monoisotopic (exact) mass is 726 g/mol. The number of ether oxygens (including phenoxy) is 3. The van der Waals surface area contributed by atoms with Gasteiger partial charge in [0.25, 0.3) is 0 Å². The number of halogens is 1. The molecule has 2 aromatic heterocycles. The number of nitrogens with zero attached hydrogens (tertiary/aromatic N) is 4. The smallest absolute Gasteiger partial charge is 0.417 e. The molecule has 0 radical (unpaired) electrons. The number of amides is 2. The molecule has 0 spiro atoms. The molecule has 1 unspecified atom stereocenters. The van der Waals surface area contributed by atoms with Crippen molar-refractivity contribution in [3.05, 3.63) is 58.5 Å². The topological polar surface area (TPSA) is 126 Å². The fourth-order valence-electron chi connectivity index (χ4n) is 7.40. The molecule has 49 heavy (non-hydrogen) atoms. The van der Waals surface area contributed by atoms with Crippen LogP contribution in [0, 0.1) is 0 Å². The molecule has 5 aromatic rings. The predicted molar refractivity (Wildman–Crippen MR) is 190 cm³/mol. The quantitative estimate of drug-likeness (QED) is 0.190. The van der Waals surface area contributed by atoms with Crippen LogP contribution in [0.3, 0.4) is 0 Å². The zero-order valence-electron chi connectivity index (χ0n) is 28.2. The van der Waals surface area contributed by atoms with Gasteiger partial charge in [-0.1, -0.05) is 18.2 Å². The summed E-state index contributed by atoms with van der Waals surface area (Å²) >= 11 is 3.70. The summed E-state index contributed by atoms with van der Waals surface area (Å²) < 4.78 is 18.5. The third kappa shape index (κ3) is 5.69. The number of carbonyl (C=O) groups is 2. The summed E-state index contributed by atoms with van der Waals surface area (Å²) in [6.45, 7) is 10.8. The number of benzene rings is 3. The molecule has 8 rings (SSSR count). The summed E-state index contributed by atoms with van der Waals surface area (Å²) in [5.74, 6) is 1.50. The fraction of sp³-hybridized carbons (Fsp3) is 0.405. The Labute approximate surface area is 292 Å². The zero-order chi connectivity index (χ0) is 34.2. The maximum atomic E-state index is 13.1. The van der Waals surface area contributed by atoms with Crippen molar-refractivity contribution in [2.45, 2.75) is 90.6 Å². The normalized spacial score (nSPS) is 20.4. The summed E-state index contributed by atoms with van der Waals surface area (Å²) in [5, 5.41) is 1.92. The van der Waals surface area contributed by atoms with Crippen LogP contribution in [0.2, 0.25) is 0 Å². The van der Waals surface area contributed by atoms with Gasteiger partial charge < -0.3 is 29.1 Å². The van der Waals surface area contributed by atoms with Gasteiger partial charge in [-0.05, 0) is 117 Å². The number of aromatic amines is 2. The fourth-order valence-corrected chi connectivity index (χ4v) is 7.92. The minimum Gasteiger partial charge on any atom is -0.488 e. The van der Waals surface area contributed by atoms with Crippen molar-refractivity contribution in [1.82, 2.24) is 29.7 Å². The number of imidazole rings is 2. The number of likely N-dealkylation sites (tertiary alicyclic amines) is 2. The average molecular weight is 728 g/mol. The second-order valence-electron chi connectivity index (χ2n) is 14.4. The molecule has 2 fully saturated rings. The van der Waals surface area contributed by atoms with E-state index in [1.54, 1.807) is 9.80 Å². The average Bonchev–Trinajstić information content (AvgIpc) is 3.84. The predicted octanol–water partition coefficient (Wildman–Crippen LogP) is 8.87. The van der Waals surface area contributed by atoms with Gasteiger partial charge >= 0.3 is 18.2 Å². The number of H-pyrrole nitrogens is 2. The van der Waals surface area contributed by atoms with Crippen LogP contribution in [0.5, 0.6) is 11.8 Å². The zero-order valence-corrected chi connectivity index (χ0v) is 29.8. The van der Waals surface area contributed by atoms with Gasteiger partial charge in [0.2, 0.25) is 0 Å². The third-order valence-electron chi connectivity index (χ3n) is 9.84. The van der Waals surface area contributed by atoms with Gasteiger partial charge in [0, 0.05) is 35.1 Å². The highest BCUT2D eigenvalue weighted by Crippen LogP contribution is 2.44. The van der Waals surface area contributed by atoms with E-state index in [1.807, 2.05) is 45.9 Å². The number of rotatable bonds is 3. The van der Waals surface area contributed by atoms with Crippen LogP contribution in [-0.4, -0.2) is 66.2 Å². The van der Waals surface area contributed by atoms with Crippen molar-refractivity contribution < 1.29 is 23.8 Å². The van der Waals surface area contributed by atoms with Crippen LogP contribution in [-0.2, 0) is 11.3 Å². The first kappa shape index (κ1) is 31.7. The molecular weight excluding hydrogens is 688 g/mol. The Morgan fingerprint density at radius 3 is 2.57 bits per heavy atom. The number of nitrogens with one attached hydrogen (secondary N) is 2. The largest absolute Gasteiger partial charge is 0.488 e. The highest BCUT2D eigenvalue weighted by molar-refractivity contribution is 9.10. The van der Waals surface area contributed by atoms with Gasteiger partial charge in [-0.15, -0.1) is 0 Å². The molecule has 2 saturated heterocycles. The van der Waals surface area contributed by atoms with E-state index < -0.39 is 5.60 Å². The van der Waals surface area contributed by atoms with E-state index in [1.165, 1.54) is 0 Å². The number of hydrogen-bond acceptors (Lipinski definition) is 7. The number of aromatic nitrogens is 4. The number of hydrogen-bond donors (Lipinski definition) is 2. The van der Waals surface area contributed by atoms with Crippen molar-refractivity contribution in [3.8, 4) is 34.1 Å². The van der Waals surface area contributed by atoms with Gasteiger partial charge in [-0.25, -0.2) is 14.6 Å². The second kappa shape index (κ2) is 11.8. The lowest BCUT2D eigenvalue weighted by Gasteiger charge is -2.30. The number of carbonyl (C=O) groups excluding carboxylic acids is 2. The minimum absolute atomic E-state index is 0.0524. The Bertz CT molecular complexity index is 2130. The van der Waals surface area contributed by atoms with Crippen molar-refractivity contribution in [2.24, 2.45) is 0 Å². The molecule has 3 aliphatic rings. The SMILES string of the molecule is CC1CCCN1C(=O)Oc1nc2c(ccc3cc4c(cc32)OCc2cc(-c3nc([C@@H]5CC[C@H](C)N5C(=O)OC(C)(C)C)[nH]c3Br)ccc2-4)[nH]1. The highest BCUT2D eigenvalue weighted by atomic mass is 79.9. The molecule has 0 aliphatic carbocycles. The lowest BCUT2D eigenvalue weighted by molar-refractivity contribution is 0.0151. The van der Waals surface area contributed by atoms with Gasteiger partial charge in [0.1, 0.15) is 39.6 Å². The Morgan fingerprint density at radius 1 is 0.959 bits per heavy atom. The van der Waals surface area contributed by atoms with E-state index in [-0.39, 0.29) is 36.3 Å². The summed E-state index contributed by atoms with van der Waals surface area (Å²) in [7, 11) is 0. The van der Waals surface area contributed by atoms with E-state index in [9.17, 15) is 9.59 Å². The Balaban J connectivity index is 1.07. The first-order valence-electron chi connectivity index (χ1n) is 16.9. The number of fused-ring (bicyclic) bond motifs is 6. The molecule has 5 heterocycles. The maximum absolute atomic E-state index is 13.1. The molecule has 0 bridgehead atoms. The molecule has 2 N–H and O–H groups in total. The van der Waals surface area contributed by atoms with E-state index in [4.69, 9.17) is 19.2 Å². The van der Waals surface area contributed by atoms with Crippen LogP contribution in [0.25, 0.3) is 44.2 Å². The lowest BCUT2D eigenvalue weighted by Crippen LogP contribution is -2.40. The van der Waals surface area contributed by atoms with E-state index in [2.05, 4.69) is 62.1 Å². The molecule has 12 heteroatoms. The Morgan fingerprint density at radius 2 is 1.80 bits per heavy atom. The van der Waals surface area contributed by atoms with E-state index in [0.717, 1.165) is 91.6 Å². The van der Waals surface area contributed by atoms with Crippen LogP contribution < -0.4 is 9.47 Å². The van der Waals surface area contributed by atoms with Gasteiger partial charge in [-0.3, -0.25) is 4.90 Å². The molecule has 0 saturated carbocycles. The van der Waals surface area contributed by atoms with Crippen molar-refractivity contribution in [1.29, 1.82) is 0 Å². The van der Waals surface area contributed by atoms with Crippen LogP contribution >= 0.6 is 15.9 Å². The van der Waals surface area contributed by atoms with Crippen LogP contribution in [0.1, 0.15) is 77.7 Å². The van der Waals surface area contributed by atoms with Crippen LogP contribution in [0.15, 0.2) is 47.1 Å². The molecule has 254 valence electrons. The molecule has 3 atom stereocenters. The second-order valence-corrected chi connectivity index (χ2v) is 15.2. The Hall–Kier alpha value is -4.58.